The number of halogens is 3. The first-order valence-electron chi connectivity index (χ1n) is 7.04. The predicted octanol–water partition coefficient (Wildman–Crippen LogP) is 4.16. The largest absolute Gasteiger partial charge is 0.389 e. The lowest BCUT2D eigenvalue weighted by atomic mass is 9.89. The molecule has 0 aromatic carbocycles. The quantitative estimate of drug-likeness (QED) is 0.576. The van der Waals surface area contributed by atoms with Crippen molar-refractivity contribution in [3.63, 3.8) is 0 Å². The zero-order valence-electron chi connectivity index (χ0n) is 11.7. The van der Waals surface area contributed by atoms with Crippen LogP contribution in [0.4, 0.5) is 13.2 Å². The van der Waals surface area contributed by atoms with E-state index < -0.39 is 18.4 Å². The molecule has 0 amide bonds. The third-order valence-electron chi connectivity index (χ3n) is 3.70. The molecular formula is C14H18F3NO2S. The summed E-state index contributed by atoms with van der Waals surface area (Å²) in [6.07, 6.45) is -1.99. The number of hydrogen-bond acceptors (Lipinski definition) is 4. The van der Waals surface area contributed by atoms with Gasteiger partial charge in [-0.3, -0.25) is 0 Å². The SMILES string of the molecule is N#CC(SCCCC(F)(F)F)=C1CCC2(CC1)OCCO2. The maximum Gasteiger partial charge on any atom is 0.389 e. The van der Waals surface area contributed by atoms with Crippen molar-refractivity contribution >= 4 is 11.8 Å². The number of nitriles is 1. The number of rotatable bonds is 4. The molecule has 0 atom stereocenters. The maximum atomic E-state index is 12.1. The number of allylic oxidation sites excluding steroid dienone is 2. The monoisotopic (exact) mass is 321 g/mol. The molecule has 2 aliphatic rings. The van der Waals surface area contributed by atoms with E-state index >= 15 is 0 Å². The second-order valence-corrected chi connectivity index (χ2v) is 6.32. The smallest absolute Gasteiger partial charge is 0.348 e. The summed E-state index contributed by atoms with van der Waals surface area (Å²) in [5.74, 6) is -0.158. The normalized spacial score (nSPS) is 21.5. The van der Waals surface area contributed by atoms with Crippen molar-refractivity contribution in [2.24, 2.45) is 0 Å². The lowest BCUT2D eigenvalue weighted by molar-refractivity contribution is -0.171. The molecule has 1 heterocycles. The van der Waals surface area contributed by atoms with Gasteiger partial charge in [0.2, 0.25) is 0 Å². The zero-order valence-corrected chi connectivity index (χ0v) is 12.5. The summed E-state index contributed by atoms with van der Waals surface area (Å²) in [4.78, 5) is 0.574. The van der Waals surface area contributed by atoms with Gasteiger partial charge in [-0.2, -0.15) is 18.4 Å². The van der Waals surface area contributed by atoms with Gasteiger partial charge in [-0.15, -0.1) is 11.8 Å². The number of hydrogen-bond donors (Lipinski definition) is 0. The third-order valence-corrected chi connectivity index (χ3v) is 4.86. The molecule has 0 N–H and O–H groups in total. The van der Waals surface area contributed by atoms with Crippen molar-refractivity contribution < 1.29 is 22.6 Å². The summed E-state index contributed by atoms with van der Waals surface area (Å²) in [5.41, 5.74) is 1.03. The first-order valence-corrected chi connectivity index (χ1v) is 8.02. The Labute approximate surface area is 126 Å². The van der Waals surface area contributed by atoms with Gasteiger partial charge < -0.3 is 9.47 Å². The van der Waals surface area contributed by atoms with Crippen molar-refractivity contribution in [2.75, 3.05) is 19.0 Å². The van der Waals surface area contributed by atoms with E-state index in [1.165, 1.54) is 11.8 Å². The first kappa shape index (κ1) is 16.7. The van der Waals surface area contributed by atoms with E-state index in [1.807, 2.05) is 0 Å². The fraction of sp³-hybridized carbons (Fsp3) is 0.786. The van der Waals surface area contributed by atoms with E-state index in [0.29, 0.717) is 23.9 Å². The van der Waals surface area contributed by atoms with Gasteiger partial charge in [0.15, 0.2) is 5.79 Å². The van der Waals surface area contributed by atoms with Crippen molar-refractivity contribution in [1.29, 1.82) is 5.26 Å². The summed E-state index contributed by atoms with van der Waals surface area (Å²) in [5, 5.41) is 9.18. The van der Waals surface area contributed by atoms with Gasteiger partial charge in [-0.05, 0) is 30.6 Å². The van der Waals surface area contributed by atoms with Crippen LogP contribution in [0, 0.1) is 11.3 Å². The van der Waals surface area contributed by atoms with Crippen LogP contribution >= 0.6 is 11.8 Å². The lowest BCUT2D eigenvalue weighted by Gasteiger charge is -2.32. The molecule has 0 radical (unpaired) electrons. The minimum atomic E-state index is -4.12. The standard InChI is InChI=1S/C14H18F3NO2S/c15-14(16,17)4-1-9-21-12(10-18)11-2-5-13(6-3-11)19-7-8-20-13/h1-9H2. The highest BCUT2D eigenvalue weighted by Crippen LogP contribution is 2.40. The minimum absolute atomic E-state index is 0.0444. The van der Waals surface area contributed by atoms with Gasteiger partial charge in [-0.25, -0.2) is 0 Å². The maximum absolute atomic E-state index is 12.1. The Morgan fingerprint density at radius 1 is 1.24 bits per heavy atom. The van der Waals surface area contributed by atoms with Crippen LogP contribution < -0.4 is 0 Å². The summed E-state index contributed by atoms with van der Waals surface area (Å²) in [6.45, 7) is 1.21. The highest BCUT2D eigenvalue weighted by molar-refractivity contribution is 8.03. The molecule has 2 fully saturated rings. The molecule has 2 rings (SSSR count). The Bertz CT molecular complexity index is 424. The second-order valence-electron chi connectivity index (χ2n) is 5.22. The number of nitrogens with zero attached hydrogens (tertiary/aromatic N) is 1. The predicted molar refractivity (Wildman–Crippen MR) is 73.5 cm³/mol. The summed E-state index contributed by atoms with van der Waals surface area (Å²) < 4.78 is 47.5. The zero-order chi connectivity index (χ0) is 15.3. The van der Waals surface area contributed by atoms with Gasteiger partial charge >= 0.3 is 6.18 Å². The number of ether oxygens (including phenoxy) is 2. The number of thioether (sulfide) groups is 1. The van der Waals surface area contributed by atoms with Crippen LogP contribution in [0.25, 0.3) is 0 Å². The molecule has 21 heavy (non-hydrogen) atoms. The van der Waals surface area contributed by atoms with Crippen LogP contribution in [0.2, 0.25) is 0 Å². The summed E-state index contributed by atoms with van der Waals surface area (Å²) in [7, 11) is 0. The molecule has 7 heteroatoms. The summed E-state index contributed by atoms with van der Waals surface area (Å²) >= 11 is 1.24. The fourth-order valence-corrected chi connectivity index (χ4v) is 3.57. The second kappa shape index (κ2) is 7.03. The van der Waals surface area contributed by atoms with E-state index in [9.17, 15) is 18.4 Å². The van der Waals surface area contributed by atoms with E-state index in [-0.39, 0.29) is 6.42 Å². The van der Waals surface area contributed by atoms with Gasteiger partial charge in [0.05, 0.1) is 18.1 Å². The molecule has 1 aliphatic carbocycles. The molecule has 0 bridgehead atoms. The Kier molecular flexibility index (Phi) is 5.58. The lowest BCUT2D eigenvalue weighted by Crippen LogP contribution is -2.33. The molecule has 118 valence electrons. The highest BCUT2D eigenvalue weighted by atomic mass is 32.2. The fourth-order valence-electron chi connectivity index (χ4n) is 2.61. The highest BCUT2D eigenvalue weighted by Gasteiger charge is 2.39. The molecule has 0 aromatic rings. The van der Waals surface area contributed by atoms with Gasteiger partial charge in [0.25, 0.3) is 0 Å². The molecule has 0 unspecified atom stereocenters. The molecule has 0 aromatic heterocycles. The van der Waals surface area contributed by atoms with E-state index in [4.69, 9.17) is 9.47 Å². The van der Waals surface area contributed by atoms with Crippen LogP contribution in [0.1, 0.15) is 38.5 Å². The number of alkyl halides is 3. The first-order chi connectivity index (χ1) is 9.94. The van der Waals surface area contributed by atoms with Crippen LogP contribution in [0.5, 0.6) is 0 Å². The van der Waals surface area contributed by atoms with E-state index in [1.54, 1.807) is 0 Å². The topological polar surface area (TPSA) is 42.2 Å². The molecule has 1 aliphatic heterocycles. The van der Waals surface area contributed by atoms with Crippen LogP contribution in [-0.2, 0) is 9.47 Å². The van der Waals surface area contributed by atoms with Crippen molar-refractivity contribution in [2.45, 2.75) is 50.5 Å². The molecule has 1 saturated carbocycles. The average molecular weight is 321 g/mol. The molecule has 1 saturated heterocycles. The Hall–Kier alpha value is -0.710. The Morgan fingerprint density at radius 2 is 1.86 bits per heavy atom. The minimum Gasteiger partial charge on any atom is -0.348 e. The average Bonchev–Trinajstić information content (AvgIpc) is 2.88. The van der Waals surface area contributed by atoms with Crippen LogP contribution in [-0.4, -0.2) is 30.9 Å². The third kappa shape index (κ3) is 4.90. The summed E-state index contributed by atoms with van der Waals surface area (Å²) in [6, 6.07) is 2.13. The molecule has 3 nitrogen and oxygen atoms in total. The molecule has 1 spiro atoms. The molecular weight excluding hydrogens is 303 g/mol. The van der Waals surface area contributed by atoms with Crippen molar-refractivity contribution in [3.05, 3.63) is 10.5 Å². The van der Waals surface area contributed by atoms with Crippen molar-refractivity contribution in [1.82, 2.24) is 0 Å². The van der Waals surface area contributed by atoms with Crippen LogP contribution in [0.3, 0.4) is 0 Å². The Balaban J connectivity index is 1.82. The van der Waals surface area contributed by atoms with E-state index in [0.717, 1.165) is 31.3 Å². The van der Waals surface area contributed by atoms with Gasteiger partial charge in [-0.1, -0.05) is 0 Å². The van der Waals surface area contributed by atoms with Gasteiger partial charge in [0, 0.05) is 19.3 Å². The van der Waals surface area contributed by atoms with Gasteiger partial charge in [0.1, 0.15) is 6.07 Å². The van der Waals surface area contributed by atoms with Crippen LogP contribution in [0.15, 0.2) is 10.5 Å². The Morgan fingerprint density at radius 3 is 2.38 bits per heavy atom. The van der Waals surface area contributed by atoms with E-state index in [2.05, 4.69) is 6.07 Å². The van der Waals surface area contributed by atoms with Crippen molar-refractivity contribution in [3.8, 4) is 6.07 Å².